The van der Waals surface area contributed by atoms with Gasteiger partial charge in [-0.15, -0.1) is 0 Å². The molecular formula is C40H68N6O5. The molecule has 0 spiro atoms. The molecule has 51 heavy (non-hydrogen) atoms. The molecule has 0 aromatic heterocycles. The van der Waals surface area contributed by atoms with Gasteiger partial charge in [0.05, 0.1) is 17.8 Å². The van der Waals surface area contributed by atoms with E-state index in [-0.39, 0.29) is 59.7 Å². The Morgan fingerprint density at radius 3 is 2.04 bits per heavy atom. The van der Waals surface area contributed by atoms with Crippen molar-refractivity contribution in [2.75, 3.05) is 13.1 Å². The molecule has 0 fully saturated rings. The topological polar surface area (TPSA) is 161 Å². The van der Waals surface area contributed by atoms with E-state index < -0.39 is 18.1 Å². The number of benzene rings is 1. The van der Waals surface area contributed by atoms with E-state index in [1.165, 1.54) is 0 Å². The molecule has 288 valence electrons. The van der Waals surface area contributed by atoms with Crippen molar-refractivity contribution < 1.29 is 24.3 Å². The van der Waals surface area contributed by atoms with Crippen LogP contribution < -0.4 is 31.9 Å². The first-order chi connectivity index (χ1) is 24.1. The predicted octanol–water partition coefficient (Wildman–Crippen LogP) is 5.04. The number of nitrogens with one attached hydrogen (secondary N) is 6. The van der Waals surface area contributed by atoms with Crippen molar-refractivity contribution in [3.05, 3.63) is 60.5 Å². The largest absolute Gasteiger partial charge is 0.513 e. The Hall–Kier alpha value is -3.86. The minimum atomic E-state index is -0.708. The van der Waals surface area contributed by atoms with Crippen LogP contribution in [0.1, 0.15) is 106 Å². The van der Waals surface area contributed by atoms with E-state index in [1.54, 1.807) is 6.92 Å². The van der Waals surface area contributed by atoms with E-state index in [1.807, 2.05) is 65.0 Å². The molecule has 11 heteroatoms. The Labute approximate surface area is 307 Å². The molecule has 0 radical (unpaired) electrons. The van der Waals surface area contributed by atoms with Gasteiger partial charge in [0.25, 0.3) is 0 Å². The highest BCUT2D eigenvalue weighted by molar-refractivity contribution is 5.90. The zero-order valence-electron chi connectivity index (χ0n) is 32.6. The molecular weight excluding hydrogens is 644 g/mol. The smallest absolute Gasteiger partial charge is 0.243 e. The summed E-state index contributed by atoms with van der Waals surface area (Å²) in [5.74, 6) is -0.782. The maximum absolute atomic E-state index is 13.6. The van der Waals surface area contributed by atoms with Crippen LogP contribution >= 0.6 is 0 Å². The number of hydrogen-bond acceptors (Lipinski definition) is 7. The van der Waals surface area contributed by atoms with Crippen LogP contribution in [-0.2, 0) is 25.6 Å². The highest BCUT2D eigenvalue weighted by Gasteiger charge is 2.29. The number of aliphatic hydroxyl groups is 1. The van der Waals surface area contributed by atoms with Gasteiger partial charge in [-0.25, -0.2) is 0 Å². The van der Waals surface area contributed by atoms with Crippen molar-refractivity contribution in [2.45, 2.75) is 137 Å². The summed E-state index contributed by atoms with van der Waals surface area (Å²) in [6.07, 6.45) is 4.63. The second-order valence-corrected chi connectivity index (χ2v) is 14.6. The fourth-order valence-corrected chi connectivity index (χ4v) is 5.72. The third kappa shape index (κ3) is 18.3. The first kappa shape index (κ1) is 45.2. The van der Waals surface area contributed by atoms with Crippen LogP contribution in [0, 0.1) is 17.8 Å². The second-order valence-electron chi connectivity index (χ2n) is 14.6. The standard InChI is InChI=1S/C40H68N6O5/c1-11-17-34(44-40(51)37(28(7)12-2)45-35(48)21-16-18-29(8)47)30(9)43-33(24-26(3)4)25-42-31(10)38(49)46-36(27(5)6)39(50)41-23-22-32-19-14-13-15-20-32/h13-15,19-20,26-28,31,33-34,36-37,42-43,47H,8-9,11-12,16-18,21-25H2,1-7,10H3,(H,41,50)(H,44,51)(H,45,48)(H,46,49)/t28-,31-,33?,34-,36?,37?/m0/s1. The van der Waals surface area contributed by atoms with Gasteiger partial charge in [0.15, 0.2) is 0 Å². The minimum absolute atomic E-state index is 0.0330. The van der Waals surface area contributed by atoms with Crippen molar-refractivity contribution >= 4 is 23.6 Å². The van der Waals surface area contributed by atoms with Gasteiger partial charge in [0.2, 0.25) is 23.6 Å². The minimum Gasteiger partial charge on any atom is -0.513 e. The van der Waals surface area contributed by atoms with Crippen LogP contribution in [0.3, 0.4) is 0 Å². The second kappa shape index (κ2) is 24.3. The Bertz CT molecular complexity index is 1240. The van der Waals surface area contributed by atoms with Crippen molar-refractivity contribution in [3.8, 4) is 0 Å². The van der Waals surface area contributed by atoms with Crippen LogP contribution in [0.25, 0.3) is 0 Å². The average Bonchev–Trinajstić information content (AvgIpc) is 3.07. The third-order valence-electron chi connectivity index (χ3n) is 9.01. The Kier molecular flexibility index (Phi) is 21.6. The molecule has 0 aliphatic carbocycles. The molecule has 0 heterocycles. The van der Waals surface area contributed by atoms with Crippen LogP contribution in [0.5, 0.6) is 0 Å². The lowest BCUT2D eigenvalue weighted by molar-refractivity contribution is -0.130. The maximum atomic E-state index is 13.6. The van der Waals surface area contributed by atoms with Crippen molar-refractivity contribution in [1.29, 1.82) is 0 Å². The lowest BCUT2D eigenvalue weighted by Crippen LogP contribution is -2.56. The van der Waals surface area contributed by atoms with Crippen LogP contribution in [-0.4, -0.2) is 72.0 Å². The van der Waals surface area contributed by atoms with Gasteiger partial charge in [-0.1, -0.05) is 105 Å². The van der Waals surface area contributed by atoms with Crippen molar-refractivity contribution in [1.82, 2.24) is 31.9 Å². The van der Waals surface area contributed by atoms with E-state index in [0.29, 0.717) is 56.8 Å². The number of allylic oxidation sites excluding steroid dienone is 1. The summed E-state index contributed by atoms with van der Waals surface area (Å²) in [6, 6.07) is 7.55. The van der Waals surface area contributed by atoms with Gasteiger partial charge in [-0.3, -0.25) is 19.2 Å². The molecule has 1 aromatic rings. The van der Waals surface area contributed by atoms with E-state index >= 15 is 0 Å². The molecule has 3 unspecified atom stereocenters. The number of carbonyl (C=O) groups is 4. The number of aliphatic hydroxyl groups excluding tert-OH is 1. The van der Waals surface area contributed by atoms with Gasteiger partial charge >= 0.3 is 0 Å². The number of hydrogen-bond donors (Lipinski definition) is 7. The lowest BCUT2D eigenvalue weighted by Gasteiger charge is -2.31. The summed E-state index contributed by atoms with van der Waals surface area (Å²) in [7, 11) is 0. The predicted molar refractivity (Wildman–Crippen MR) is 207 cm³/mol. The summed E-state index contributed by atoms with van der Waals surface area (Å²) < 4.78 is 0. The SMILES string of the molecule is C=C(O)CCCC(=O)NC(C(=O)N[C@@H](CCC)C(=C)NC(CN[C@@H](C)C(=O)NC(C(=O)NCCc1ccccc1)C(C)C)CC(C)C)[C@@H](C)CC. The van der Waals surface area contributed by atoms with Gasteiger partial charge in [0.1, 0.15) is 12.1 Å². The van der Waals surface area contributed by atoms with Crippen LogP contribution in [0.4, 0.5) is 0 Å². The summed E-state index contributed by atoms with van der Waals surface area (Å²) in [5, 5.41) is 28.1. The highest BCUT2D eigenvalue weighted by atomic mass is 16.3. The summed E-state index contributed by atoms with van der Waals surface area (Å²) in [5.41, 5.74) is 1.80. The van der Waals surface area contributed by atoms with Crippen molar-refractivity contribution in [2.24, 2.45) is 17.8 Å². The number of amides is 4. The zero-order chi connectivity index (χ0) is 38.5. The molecule has 7 N–H and O–H groups in total. The molecule has 0 saturated carbocycles. The fraction of sp³-hybridized carbons (Fsp3) is 0.650. The Morgan fingerprint density at radius 2 is 1.47 bits per heavy atom. The molecule has 6 atom stereocenters. The summed E-state index contributed by atoms with van der Waals surface area (Å²) >= 11 is 0. The van der Waals surface area contributed by atoms with Gasteiger partial charge < -0.3 is 37.0 Å². The zero-order valence-corrected chi connectivity index (χ0v) is 32.6. The molecule has 0 aliphatic heterocycles. The molecule has 1 aromatic carbocycles. The van der Waals surface area contributed by atoms with Gasteiger partial charge in [-0.2, -0.15) is 0 Å². The highest BCUT2D eigenvalue weighted by Crippen LogP contribution is 2.14. The molecule has 11 nitrogen and oxygen atoms in total. The third-order valence-corrected chi connectivity index (χ3v) is 9.01. The maximum Gasteiger partial charge on any atom is 0.243 e. The van der Waals surface area contributed by atoms with Crippen LogP contribution in [0.15, 0.2) is 54.9 Å². The normalized spacial score (nSPS) is 14.8. The van der Waals surface area contributed by atoms with E-state index in [2.05, 4.69) is 58.9 Å². The first-order valence-corrected chi connectivity index (χ1v) is 18.9. The molecule has 1 rings (SSSR count). The lowest BCUT2D eigenvalue weighted by atomic mass is 9.96. The van der Waals surface area contributed by atoms with Crippen molar-refractivity contribution in [3.63, 3.8) is 0 Å². The molecule has 4 amide bonds. The Morgan fingerprint density at radius 1 is 0.804 bits per heavy atom. The monoisotopic (exact) mass is 713 g/mol. The number of rotatable bonds is 26. The summed E-state index contributed by atoms with van der Waals surface area (Å²) in [4.78, 5) is 52.5. The van der Waals surface area contributed by atoms with E-state index in [4.69, 9.17) is 0 Å². The molecule has 0 aliphatic rings. The van der Waals surface area contributed by atoms with E-state index in [0.717, 1.165) is 18.4 Å². The van der Waals surface area contributed by atoms with E-state index in [9.17, 15) is 24.3 Å². The first-order valence-electron chi connectivity index (χ1n) is 18.9. The quantitative estimate of drug-likeness (QED) is 0.0663. The van der Waals surface area contributed by atoms with Gasteiger partial charge in [0, 0.05) is 37.7 Å². The van der Waals surface area contributed by atoms with Gasteiger partial charge in [-0.05, 0) is 55.9 Å². The fourth-order valence-electron chi connectivity index (χ4n) is 5.72. The summed E-state index contributed by atoms with van der Waals surface area (Å²) in [6.45, 7) is 24.5. The number of carbonyl (C=O) groups excluding carboxylic acids is 4. The average molecular weight is 713 g/mol. The van der Waals surface area contributed by atoms with Crippen LogP contribution in [0.2, 0.25) is 0 Å². The molecule has 0 bridgehead atoms. The Balaban J connectivity index is 2.86. The molecule has 0 saturated heterocycles.